The highest BCUT2D eigenvalue weighted by atomic mass is 16.5. The molecule has 4 N–H and O–H groups in total. The zero-order valence-electron chi connectivity index (χ0n) is 17.1. The maximum absolute atomic E-state index is 12.6. The average molecular weight is 427 g/mol. The molecule has 0 radical (unpaired) electrons. The van der Waals surface area contributed by atoms with Gasteiger partial charge in [-0.05, 0) is 18.1 Å². The van der Waals surface area contributed by atoms with E-state index in [-0.39, 0.29) is 19.5 Å². The van der Waals surface area contributed by atoms with E-state index in [4.69, 9.17) is 4.74 Å². The molecule has 0 aliphatic heterocycles. The molecule has 3 rings (SSSR count). The van der Waals surface area contributed by atoms with Crippen LogP contribution in [0.15, 0.2) is 43.0 Å². The third-order valence-corrected chi connectivity index (χ3v) is 4.89. The van der Waals surface area contributed by atoms with Crippen LogP contribution < -0.4 is 5.32 Å². The van der Waals surface area contributed by atoms with Crippen molar-refractivity contribution in [1.82, 2.24) is 25.2 Å². The van der Waals surface area contributed by atoms with Crippen LogP contribution in [0.5, 0.6) is 0 Å². The molecule has 10 heteroatoms. The number of ether oxygens (including phenoxy) is 1. The van der Waals surface area contributed by atoms with Crippen molar-refractivity contribution >= 4 is 28.7 Å². The minimum absolute atomic E-state index is 0.163. The van der Waals surface area contributed by atoms with Crippen LogP contribution >= 0.6 is 0 Å². The number of aliphatic carboxylic acids is 1. The summed E-state index contributed by atoms with van der Waals surface area (Å²) in [5, 5.41) is 12.9. The summed E-state index contributed by atoms with van der Waals surface area (Å²) in [4.78, 5) is 47.5. The van der Waals surface area contributed by atoms with Gasteiger partial charge in [0.25, 0.3) is 0 Å². The van der Waals surface area contributed by atoms with Crippen LogP contribution in [-0.4, -0.2) is 75.6 Å². The van der Waals surface area contributed by atoms with Gasteiger partial charge in [-0.15, -0.1) is 0 Å². The SMILES string of the molecule is COC(=O)[C@H](Cc1c[nH]cn1)NC(=O)CN(CCc1c[nH]c2ccccc12)CC(=O)O. The van der Waals surface area contributed by atoms with E-state index in [2.05, 4.69) is 20.3 Å². The van der Waals surface area contributed by atoms with E-state index in [1.165, 1.54) is 18.3 Å². The number of aromatic nitrogens is 3. The lowest BCUT2D eigenvalue weighted by atomic mass is 10.1. The van der Waals surface area contributed by atoms with Crippen molar-refractivity contribution in [3.8, 4) is 0 Å². The molecule has 31 heavy (non-hydrogen) atoms. The zero-order chi connectivity index (χ0) is 22.2. The molecule has 0 spiro atoms. The van der Waals surface area contributed by atoms with Gasteiger partial charge in [-0.25, -0.2) is 9.78 Å². The van der Waals surface area contributed by atoms with Gasteiger partial charge in [0.15, 0.2) is 0 Å². The summed E-state index contributed by atoms with van der Waals surface area (Å²) >= 11 is 0. The number of nitrogens with one attached hydrogen (secondary N) is 3. The summed E-state index contributed by atoms with van der Waals surface area (Å²) in [6.07, 6.45) is 5.72. The van der Waals surface area contributed by atoms with E-state index < -0.39 is 23.9 Å². The van der Waals surface area contributed by atoms with Crippen LogP contribution in [0.25, 0.3) is 10.9 Å². The predicted octanol–water partition coefficient (Wildman–Crippen LogP) is 0.721. The van der Waals surface area contributed by atoms with Crippen molar-refractivity contribution in [2.24, 2.45) is 0 Å². The molecule has 0 aliphatic carbocycles. The Morgan fingerprint density at radius 1 is 1.23 bits per heavy atom. The lowest BCUT2D eigenvalue weighted by Gasteiger charge is -2.21. The van der Waals surface area contributed by atoms with Gasteiger partial charge in [0.05, 0.1) is 32.2 Å². The smallest absolute Gasteiger partial charge is 0.328 e. The number of rotatable bonds is 11. The van der Waals surface area contributed by atoms with Crippen molar-refractivity contribution in [3.05, 3.63) is 54.2 Å². The Morgan fingerprint density at radius 3 is 2.74 bits per heavy atom. The van der Waals surface area contributed by atoms with E-state index in [1.807, 2.05) is 30.5 Å². The molecule has 10 nitrogen and oxygen atoms in total. The average Bonchev–Trinajstić information content (AvgIpc) is 3.40. The Morgan fingerprint density at radius 2 is 2.03 bits per heavy atom. The number of carbonyl (C=O) groups excluding carboxylic acids is 2. The van der Waals surface area contributed by atoms with Crippen molar-refractivity contribution in [2.45, 2.75) is 18.9 Å². The predicted molar refractivity (Wildman–Crippen MR) is 112 cm³/mol. The van der Waals surface area contributed by atoms with Gasteiger partial charge in [0, 0.05) is 36.3 Å². The van der Waals surface area contributed by atoms with E-state index in [9.17, 15) is 19.5 Å². The lowest BCUT2D eigenvalue weighted by Crippen LogP contribution is -2.48. The summed E-state index contributed by atoms with van der Waals surface area (Å²) in [6.45, 7) is -0.0927. The fourth-order valence-corrected chi connectivity index (χ4v) is 3.41. The molecule has 164 valence electrons. The second kappa shape index (κ2) is 10.4. The van der Waals surface area contributed by atoms with Gasteiger partial charge in [-0.1, -0.05) is 18.2 Å². The molecule has 1 amide bonds. The minimum atomic E-state index is -1.03. The number of benzene rings is 1. The third-order valence-electron chi connectivity index (χ3n) is 4.89. The van der Waals surface area contributed by atoms with Gasteiger partial charge >= 0.3 is 11.9 Å². The second-order valence-electron chi connectivity index (χ2n) is 7.12. The molecule has 0 saturated carbocycles. The van der Waals surface area contributed by atoms with E-state index in [0.29, 0.717) is 18.7 Å². The zero-order valence-corrected chi connectivity index (χ0v) is 17.1. The number of aromatic amines is 2. The molecule has 1 aromatic carbocycles. The van der Waals surface area contributed by atoms with Crippen LogP contribution in [-0.2, 0) is 32.0 Å². The molecule has 0 saturated heterocycles. The number of hydrogen-bond donors (Lipinski definition) is 4. The number of carboxylic acid groups (broad SMARTS) is 1. The number of nitrogens with zero attached hydrogens (tertiary/aromatic N) is 2. The standard InChI is InChI=1S/C21H25N5O5/c1-31-21(30)18(8-15-10-22-13-24-15)25-19(27)11-26(12-20(28)29)7-6-14-9-23-17-5-3-2-4-16(14)17/h2-5,9-10,13,18,23H,6-8,11-12H2,1H3,(H,22,24)(H,25,27)(H,28,29)/t18-/m0/s1. The van der Waals surface area contributed by atoms with Crippen LogP contribution in [0.2, 0.25) is 0 Å². The van der Waals surface area contributed by atoms with Crippen LogP contribution in [0.1, 0.15) is 11.3 Å². The van der Waals surface area contributed by atoms with Gasteiger partial charge in [0.1, 0.15) is 6.04 Å². The Labute approximate surface area is 178 Å². The van der Waals surface area contributed by atoms with Gasteiger partial charge in [-0.2, -0.15) is 0 Å². The molecular formula is C21H25N5O5. The first-order valence-corrected chi connectivity index (χ1v) is 9.80. The Balaban J connectivity index is 1.62. The first-order chi connectivity index (χ1) is 15.0. The summed E-state index contributed by atoms with van der Waals surface area (Å²) in [5.74, 6) is -2.10. The van der Waals surface area contributed by atoms with Crippen molar-refractivity contribution < 1.29 is 24.2 Å². The number of fused-ring (bicyclic) bond motifs is 1. The number of amides is 1. The molecule has 3 aromatic rings. The quantitative estimate of drug-likeness (QED) is 0.331. The van der Waals surface area contributed by atoms with E-state index >= 15 is 0 Å². The highest BCUT2D eigenvalue weighted by Crippen LogP contribution is 2.18. The first-order valence-electron chi connectivity index (χ1n) is 9.80. The molecule has 2 aromatic heterocycles. The monoisotopic (exact) mass is 427 g/mol. The molecule has 1 atom stereocenters. The second-order valence-corrected chi connectivity index (χ2v) is 7.12. The van der Waals surface area contributed by atoms with Crippen LogP contribution in [0, 0.1) is 0 Å². The molecule has 2 heterocycles. The van der Waals surface area contributed by atoms with Crippen molar-refractivity contribution in [3.63, 3.8) is 0 Å². The normalized spacial score (nSPS) is 12.1. The number of carbonyl (C=O) groups is 3. The number of H-pyrrole nitrogens is 2. The Hall–Kier alpha value is -3.66. The molecule has 0 fully saturated rings. The molecule has 0 unspecified atom stereocenters. The topological polar surface area (TPSA) is 140 Å². The number of carboxylic acids is 1. The molecular weight excluding hydrogens is 402 g/mol. The maximum atomic E-state index is 12.6. The van der Waals surface area contributed by atoms with E-state index in [1.54, 1.807) is 6.20 Å². The van der Waals surface area contributed by atoms with E-state index in [0.717, 1.165) is 16.5 Å². The highest BCUT2D eigenvalue weighted by Gasteiger charge is 2.24. The summed E-state index contributed by atoms with van der Waals surface area (Å²) in [7, 11) is 1.24. The lowest BCUT2D eigenvalue weighted by molar-refractivity contribution is -0.145. The maximum Gasteiger partial charge on any atom is 0.328 e. The third kappa shape index (κ3) is 6.16. The first kappa shape index (κ1) is 22.0. The van der Waals surface area contributed by atoms with Crippen LogP contribution in [0.3, 0.4) is 0 Å². The number of para-hydroxylation sites is 1. The molecule has 0 aliphatic rings. The summed E-state index contributed by atoms with van der Waals surface area (Å²) in [5.41, 5.74) is 2.63. The molecule has 0 bridgehead atoms. The van der Waals surface area contributed by atoms with Crippen LogP contribution in [0.4, 0.5) is 0 Å². The van der Waals surface area contributed by atoms with Crippen molar-refractivity contribution in [2.75, 3.05) is 26.7 Å². The highest BCUT2D eigenvalue weighted by molar-refractivity contribution is 5.86. The van der Waals surface area contributed by atoms with Gasteiger partial charge in [-0.3, -0.25) is 14.5 Å². The summed E-state index contributed by atoms with van der Waals surface area (Å²) < 4.78 is 4.77. The summed E-state index contributed by atoms with van der Waals surface area (Å²) in [6, 6.07) is 6.92. The minimum Gasteiger partial charge on any atom is -0.480 e. The largest absolute Gasteiger partial charge is 0.480 e. The Kier molecular flexibility index (Phi) is 7.39. The van der Waals surface area contributed by atoms with Gasteiger partial charge < -0.3 is 25.1 Å². The number of hydrogen-bond acceptors (Lipinski definition) is 6. The fourth-order valence-electron chi connectivity index (χ4n) is 3.41. The Bertz CT molecular complexity index is 1030. The fraction of sp³-hybridized carbons (Fsp3) is 0.333. The number of imidazole rings is 1. The van der Waals surface area contributed by atoms with Crippen molar-refractivity contribution in [1.29, 1.82) is 0 Å². The number of esters is 1. The number of methoxy groups -OCH3 is 1. The van der Waals surface area contributed by atoms with Gasteiger partial charge in [0.2, 0.25) is 5.91 Å².